The van der Waals surface area contributed by atoms with Crippen molar-refractivity contribution in [1.82, 2.24) is 19.6 Å². The third-order valence-corrected chi connectivity index (χ3v) is 4.20. The molecule has 0 saturated carbocycles. The van der Waals surface area contributed by atoms with Crippen LogP contribution in [0.4, 0.5) is 18.9 Å². The van der Waals surface area contributed by atoms with Gasteiger partial charge in [0, 0.05) is 6.54 Å². The maximum atomic E-state index is 12.9. The first-order valence-corrected chi connectivity index (χ1v) is 7.60. The lowest BCUT2D eigenvalue weighted by Gasteiger charge is -2.14. The molecule has 1 unspecified atom stereocenters. The number of aromatic nitrogens is 4. The van der Waals surface area contributed by atoms with Gasteiger partial charge in [0.2, 0.25) is 5.91 Å². The second kappa shape index (κ2) is 6.46. The number of aryl methyl sites for hydroxylation is 1. The Hall–Kier alpha value is -2.03. The molecule has 0 saturated heterocycles. The van der Waals surface area contributed by atoms with E-state index in [2.05, 4.69) is 15.5 Å². The number of carbonyl (C=O) groups is 1. The first kappa shape index (κ1) is 18.3. The van der Waals surface area contributed by atoms with Gasteiger partial charge in [0.1, 0.15) is 6.04 Å². The number of nitrogens with zero attached hydrogens (tertiary/aromatic N) is 4. The van der Waals surface area contributed by atoms with Crippen LogP contribution in [0, 0.1) is 13.8 Å². The Bertz CT molecular complexity index is 765. The largest absolute Gasteiger partial charge is 0.436 e. The molecule has 2 aromatic heterocycles. The van der Waals surface area contributed by atoms with E-state index in [1.54, 1.807) is 11.6 Å². The summed E-state index contributed by atoms with van der Waals surface area (Å²) in [5, 5.41) is 9.71. The summed E-state index contributed by atoms with van der Waals surface area (Å²) in [5.74, 6) is -0.509. The monoisotopic (exact) mass is 363 g/mol. The number of nitrogens with one attached hydrogen (secondary N) is 1. The predicted octanol–water partition coefficient (Wildman–Crippen LogP) is 3.59. The molecule has 0 spiro atoms. The van der Waals surface area contributed by atoms with Gasteiger partial charge in [-0.2, -0.15) is 23.4 Å². The minimum Gasteiger partial charge on any atom is -0.321 e. The highest BCUT2D eigenvalue weighted by Gasteiger charge is 2.39. The molecule has 1 amide bonds. The second-order valence-corrected chi connectivity index (χ2v) is 5.69. The van der Waals surface area contributed by atoms with E-state index in [-0.39, 0.29) is 5.69 Å². The molecule has 0 aliphatic heterocycles. The molecule has 2 heterocycles. The first-order chi connectivity index (χ1) is 11.1. The fourth-order valence-electron chi connectivity index (χ4n) is 2.29. The zero-order chi connectivity index (χ0) is 18.2. The van der Waals surface area contributed by atoms with Crippen LogP contribution < -0.4 is 5.32 Å². The van der Waals surface area contributed by atoms with Crippen LogP contribution in [-0.2, 0) is 17.5 Å². The quantitative estimate of drug-likeness (QED) is 0.902. The summed E-state index contributed by atoms with van der Waals surface area (Å²) in [4.78, 5) is 12.4. The molecule has 0 fully saturated rings. The van der Waals surface area contributed by atoms with Gasteiger partial charge >= 0.3 is 6.18 Å². The smallest absolute Gasteiger partial charge is 0.321 e. The Morgan fingerprint density at radius 3 is 2.46 bits per heavy atom. The topological polar surface area (TPSA) is 64.7 Å². The van der Waals surface area contributed by atoms with Crippen LogP contribution in [0.2, 0.25) is 5.02 Å². The van der Waals surface area contributed by atoms with Gasteiger partial charge in [-0.1, -0.05) is 11.6 Å². The molecule has 2 aromatic rings. The summed E-state index contributed by atoms with van der Waals surface area (Å²) < 4.78 is 41.3. The van der Waals surface area contributed by atoms with Crippen molar-refractivity contribution in [3.05, 3.63) is 28.3 Å². The maximum absolute atomic E-state index is 12.9. The van der Waals surface area contributed by atoms with Gasteiger partial charge in [-0.3, -0.25) is 14.2 Å². The SMILES string of the molecule is CCn1ncc(NC(=O)C(C)n2nc(C(F)(F)F)c(Cl)c2C)c1C. The van der Waals surface area contributed by atoms with Gasteiger partial charge < -0.3 is 5.32 Å². The molecule has 1 atom stereocenters. The number of rotatable bonds is 4. The summed E-state index contributed by atoms with van der Waals surface area (Å²) in [6, 6.07) is -0.969. The lowest BCUT2D eigenvalue weighted by atomic mass is 10.3. The van der Waals surface area contributed by atoms with Gasteiger partial charge in [-0.05, 0) is 27.7 Å². The molecular weight excluding hydrogens is 347 g/mol. The van der Waals surface area contributed by atoms with Crippen LogP contribution >= 0.6 is 11.6 Å². The Kier molecular flexibility index (Phi) is 4.93. The number of alkyl halides is 3. The fourth-order valence-corrected chi connectivity index (χ4v) is 2.52. The van der Waals surface area contributed by atoms with Crippen LogP contribution in [0.1, 0.15) is 37.0 Å². The lowest BCUT2D eigenvalue weighted by molar-refractivity contribution is -0.141. The summed E-state index contributed by atoms with van der Waals surface area (Å²) >= 11 is 5.71. The van der Waals surface area contributed by atoms with Crippen molar-refractivity contribution in [1.29, 1.82) is 0 Å². The average Bonchev–Trinajstić information content (AvgIpc) is 3.00. The summed E-state index contributed by atoms with van der Waals surface area (Å²) in [6.07, 6.45) is -3.18. The van der Waals surface area contributed by atoms with Crippen LogP contribution in [0.15, 0.2) is 6.20 Å². The summed E-state index contributed by atoms with van der Waals surface area (Å²) in [7, 11) is 0. The zero-order valence-electron chi connectivity index (χ0n) is 13.6. The van der Waals surface area contributed by atoms with Crippen LogP contribution in [0.5, 0.6) is 0 Å². The molecule has 24 heavy (non-hydrogen) atoms. The molecule has 0 radical (unpaired) electrons. The average molecular weight is 364 g/mol. The van der Waals surface area contributed by atoms with Gasteiger partial charge in [0.25, 0.3) is 0 Å². The Labute approximate surface area is 141 Å². The first-order valence-electron chi connectivity index (χ1n) is 7.23. The van der Waals surface area contributed by atoms with E-state index in [0.29, 0.717) is 12.2 Å². The molecule has 0 aliphatic rings. The minimum atomic E-state index is -4.68. The van der Waals surface area contributed by atoms with Crippen molar-refractivity contribution < 1.29 is 18.0 Å². The van der Waals surface area contributed by atoms with Crippen LogP contribution in [-0.4, -0.2) is 25.5 Å². The Morgan fingerprint density at radius 2 is 2.00 bits per heavy atom. The normalized spacial score (nSPS) is 13.2. The van der Waals surface area contributed by atoms with Crippen molar-refractivity contribution >= 4 is 23.2 Å². The predicted molar refractivity (Wildman–Crippen MR) is 83.0 cm³/mol. The van der Waals surface area contributed by atoms with Crippen molar-refractivity contribution in [3.63, 3.8) is 0 Å². The standard InChI is InChI=1S/C14H17ClF3N5O/c1-5-22-7(2)10(6-19-22)20-13(24)9(4)23-8(3)11(15)12(21-23)14(16,17)18/h6,9H,5H2,1-4H3,(H,20,24). The number of carbonyl (C=O) groups excluding carboxylic acids is 1. The van der Waals surface area contributed by atoms with Crippen LogP contribution in [0.3, 0.4) is 0 Å². The van der Waals surface area contributed by atoms with Crippen molar-refractivity contribution in [3.8, 4) is 0 Å². The third kappa shape index (κ3) is 3.26. The molecule has 6 nitrogen and oxygen atoms in total. The zero-order valence-corrected chi connectivity index (χ0v) is 14.3. The van der Waals surface area contributed by atoms with Gasteiger partial charge in [-0.15, -0.1) is 0 Å². The Balaban J connectivity index is 2.27. The third-order valence-electron chi connectivity index (χ3n) is 3.75. The second-order valence-electron chi connectivity index (χ2n) is 5.31. The fraction of sp³-hybridized carbons (Fsp3) is 0.500. The highest BCUT2D eigenvalue weighted by molar-refractivity contribution is 6.32. The summed E-state index contributed by atoms with van der Waals surface area (Å²) in [6.45, 7) is 7.16. The van der Waals surface area contributed by atoms with E-state index < -0.39 is 28.8 Å². The van der Waals surface area contributed by atoms with Gasteiger partial charge in [0.05, 0.1) is 28.3 Å². The molecular formula is C14H17ClF3N5O. The summed E-state index contributed by atoms with van der Waals surface area (Å²) in [5.41, 5.74) is 0.133. The van der Waals surface area contributed by atoms with E-state index in [1.165, 1.54) is 20.0 Å². The molecule has 0 aliphatic carbocycles. The highest BCUT2D eigenvalue weighted by atomic mass is 35.5. The molecule has 1 N–H and O–H groups in total. The number of halogens is 4. The highest BCUT2D eigenvalue weighted by Crippen LogP contribution is 2.36. The number of anilines is 1. The molecule has 0 aromatic carbocycles. The number of hydrogen-bond acceptors (Lipinski definition) is 3. The van der Waals surface area contributed by atoms with Crippen LogP contribution in [0.25, 0.3) is 0 Å². The van der Waals surface area contributed by atoms with E-state index in [0.717, 1.165) is 10.4 Å². The number of hydrogen-bond donors (Lipinski definition) is 1. The molecule has 132 valence electrons. The minimum absolute atomic E-state index is 0.0765. The maximum Gasteiger partial charge on any atom is 0.436 e. The van der Waals surface area contributed by atoms with E-state index >= 15 is 0 Å². The van der Waals surface area contributed by atoms with Crippen molar-refractivity contribution in [2.24, 2.45) is 0 Å². The Morgan fingerprint density at radius 1 is 1.38 bits per heavy atom. The molecule has 0 bridgehead atoms. The molecule has 2 rings (SSSR count). The van der Waals surface area contributed by atoms with E-state index in [9.17, 15) is 18.0 Å². The number of amides is 1. The van der Waals surface area contributed by atoms with Crippen molar-refractivity contribution in [2.45, 2.75) is 46.5 Å². The van der Waals surface area contributed by atoms with E-state index in [4.69, 9.17) is 11.6 Å². The lowest BCUT2D eigenvalue weighted by Crippen LogP contribution is -2.25. The van der Waals surface area contributed by atoms with Gasteiger partial charge in [0.15, 0.2) is 5.69 Å². The molecule has 10 heteroatoms. The van der Waals surface area contributed by atoms with Gasteiger partial charge in [-0.25, -0.2) is 0 Å². The van der Waals surface area contributed by atoms with E-state index in [1.807, 2.05) is 6.92 Å². The van der Waals surface area contributed by atoms with Crippen molar-refractivity contribution in [2.75, 3.05) is 5.32 Å².